The number of nitrogens with zero attached hydrogens (tertiary/aromatic N) is 1. The van der Waals surface area contributed by atoms with Crippen LogP contribution in [0.15, 0.2) is 12.4 Å². The average molecular weight is 219 g/mol. The van der Waals surface area contributed by atoms with Gasteiger partial charge in [-0.05, 0) is 17.9 Å². The molecule has 1 unspecified atom stereocenters. The number of hydrogen-bond donors (Lipinski definition) is 0. The van der Waals surface area contributed by atoms with Crippen molar-refractivity contribution in [3.8, 4) is 0 Å². The Morgan fingerprint density at radius 3 is 2.94 bits per heavy atom. The number of esters is 1. The molecule has 1 atom stereocenters. The summed E-state index contributed by atoms with van der Waals surface area (Å²) < 4.78 is 4.70. The van der Waals surface area contributed by atoms with Gasteiger partial charge in [0.15, 0.2) is 5.78 Å². The molecule has 0 spiro atoms. The third-order valence-corrected chi connectivity index (χ3v) is 2.99. The molecule has 0 radical (unpaired) electrons. The van der Waals surface area contributed by atoms with E-state index in [9.17, 15) is 9.59 Å². The number of fused-ring (bicyclic) bond motifs is 1. The fraction of sp³-hybridized carbons (Fsp3) is 0.417. The van der Waals surface area contributed by atoms with Crippen molar-refractivity contribution in [3.05, 3.63) is 29.1 Å². The Bertz CT molecular complexity index is 454. The Hall–Kier alpha value is -1.71. The number of carbonyl (C=O) groups is 2. The van der Waals surface area contributed by atoms with Crippen molar-refractivity contribution in [3.63, 3.8) is 0 Å². The van der Waals surface area contributed by atoms with Gasteiger partial charge in [0, 0.05) is 24.4 Å². The smallest absolute Gasteiger partial charge is 0.339 e. The minimum atomic E-state index is -0.425. The topological polar surface area (TPSA) is 56.3 Å². The van der Waals surface area contributed by atoms with Gasteiger partial charge in [-0.25, -0.2) is 4.79 Å². The van der Waals surface area contributed by atoms with E-state index in [2.05, 4.69) is 4.98 Å². The van der Waals surface area contributed by atoms with Crippen LogP contribution in [0.25, 0.3) is 0 Å². The van der Waals surface area contributed by atoms with Crippen LogP contribution in [0, 0.1) is 0 Å². The summed E-state index contributed by atoms with van der Waals surface area (Å²) in [7, 11) is 1.33. The normalized spacial score (nSPS) is 19.1. The fourth-order valence-corrected chi connectivity index (χ4v) is 2.12. The summed E-state index contributed by atoms with van der Waals surface area (Å²) in [6, 6.07) is 0. The number of hydrogen-bond acceptors (Lipinski definition) is 4. The first-order valence-electron chi connectivity index (χ1n) is 5.24. The molecule has 4 heteroatoms. The average Bonchev–Trinajstić information content (AvgIpc) is 2.32. The van der Waals surface area contributed by atoms with Crippen LogP contribution in [0.2, 0.25) is 0 Å². The summed E-state index contributed by atoms with van der Waals surface area (Å²) in [5.74, 6) is -0.165. The molecule has 4 nitrogen and oxygen atoms in total. The van der Waals surface area contributed by atoms with E-state index in [1.807, 2.05) is 6.92 Å². The maximum absolute atomic E-state index is 11.7. The predicted molar refractivity (Wildman–Crippen MR) is 57.6 cm³/mol. The van der Waals surface area contributed by atoms with Gasteiger partial charge in [0.25, 0.3) is 0 Å². The molecular weight excluding hydrogens is 206 g/mol. The van der Waals surface area contributed by atoms with Crippen LogP contribution >= 0.6 is 0 Å². The zero-order chi connectivity index (χ0) is 11.7. The van der Waals surface area contributed by atoms with E-state index in [1.54, 1.807) is 6.20 Å². The Morgan fingerprint density at radius 1 is 1.50 bits per heavy atom. The third kappa shape index (κ3) is 1.60. The minimum absolute atomic E-state index is 0.0614. The molecule has 2 rings (SSSR count). The number of rotatable bonds is 1. The van der Waals surface area contributed by atoms with Gasteiger partial charge in [-0.1, -0.05) is 6.92 Å². The number of ketones is 1. The molecule has 16 heavy (non-hydrogen) atoms. The molecule has 0 aliphatic heterocycles. The van der Waals surface area contributed by atoms with E-state index < -0.39 is 5.97 Å². The lowest BCUT2D eigenvalue weighted by atomic mass is 9.82. The van der Waals surface area contributed by atoms with E-state index in [0.717, 1.165) is 12.0 Å². The molecule has 0 saturated carbocycles. The van der Waals surface area contributed by atoms with Crippen molar-refractivity contribution in [1.82, 2.24) is 4.98 Å². The van der Waals surface area contributed by atoms with Crippen LogP contribution in [0.5, 0.6) is 0 Å². The summed E-state index contributed by atoms with van der Waals surface area (Å²) in [5, 5.41) is 0. The first-order valence-corrected chi connectivity index (χ1v) is 5.24. The lowest BCUT2D eigenvalue weighted by Gasteiger charge is -2.22. The highest BCUT2D eigenvalue weighted by Crippen LogP contribution is 2.33. The number of carbonyl (C=O) groups excluding carboxylic acids is 2. The van der Waals surface area contributed by atoms with Gasteiger partial charge in [-0.2, -0.15) is 0 Å². The molecule has 84 valence electrons. The maximum Gasteiger partial charge on any atom is 0.339 e. The van der Waals surface area contributed by atoms with Gasteiger partial charge in [-0.15, -0.1) is 0 Å². The highest BCUT2D eigenvalue weighted by atomic mass is 16.5. The highest BCUT2D eigenvalue weighted by molar-refractivity contribution is 6.02. The van der Waals surface area contributed by atoms with Gasteiger partial charge in [-0.3, -0.25) is 9.78 Å². The van der Waals surface area contributed by atoms with Gasteiger partial charge in [0.1, 0.15) is 0 Å². The number of aromatic nitrogens is 1. The molecule has 1 aliphatic carbocycles. The summed E-state index contributed by atoms with van der Waals surface area (Å²) in [6.45, 7) is 2.01. The molecule has 0 saturated heterocycles. The second-order valence-corrected chi connectivity index (χ2v) is 4.00. The molecule has 0 fully saturated rings. The van der Waals surface area contributed by atoms with Crippen molar-refractivity contribution in [1.29, 1.82) is 0 Å². The Balaban J connectivity index is 2.60. The first-order chi connectivity index (χ1) is 7.65. The second kappa shape index (κ2) is 4.04. The molecule has 0 amide bonds. The van der Waals surface area contributed by atoms with Gasteiger partial charge >= 0.3 is 5.97 Å². The quantitative estimate of drug-likeness (QED) is 0.677. The monoisotopic (exact) mass is 219 g/mol. The van der Waals surface area contributed by atoms with Gasteiger partial charge in [0.05, 0.1) is 12.7 Å². The lowest BCUT2D eigenvalue weighted by molar-refractivity contribution is 0.0598. The Labute approximate surface area is 93.6 Å². The van der Waals surface area contributed by atoms with E-state index in [0.29, 0.717) is 17.5 Å². The molecule has 1 aromatic heterocycles. The van der Waals surface area contributed by atoms with Gasteiger partial charge in [0.2, 0.25) is 0 Å². The van der Waals surface area contributed by atoms with Crippen molar-refractivity contribution in [2.45, 2.75) is 25.7 Å². The number of methoxy groups -OCH3 is 1. The molecule has 0 bridgehead atoms. The van der Waals surface area contributed by atoms with Crippen molar-refractivity contribution in [2.24, 2.45) is 0 Å². The minimum Gasteiger partial charge on any atom is -0.465 e. The molecule has 0 aromatic carbocycles. The second-order valence-electron chi connectivity index (χ2n) is 4.00. The number of ether oxygens (including phenoxy) is 1. The predicted octanol–water partition coefficient (Wildman–Crippen LogP) is 1.95. The van der Waals surface area contributed by atoms with Crippen LogP contribution < -0.4 is 0 Å². The van der Waals surface area contributed by atoms with Crippen LogP contribution in [-0.4, -0.2) is 23.8 Å². The summed E-state index contributed by atoms with van der Waals surface area (Å²) >= 11 is 0. The Kier molecular flexibility index (Phi) is 2.73. The zero-order valence-electron chi connectivity index (χ0n) is 9.32. The lowest BCUT2D eigenvalue weighted by Crippen LogP contribution is -2.19. The van der Waals surface area contributed by atoms with Crippen LogP contribution in [0.4, 0.5) is 0 Å². The largest absolute Gasteiger partial charge is 0.465 e. The fourth-order valence-electron chi connectivity index (χ4n) is 2.12. The van der Waals surface area contributed by atoms with E-state index in [-0.39, 0.29) is 11.7 Å². The van der Waals surface area contributed by atoms with E-state index in [1.165, 1.54) is 13.3 Å². The molecule has 1 aromatic rings. The Morgan fingerprint density at radius 2 is 2.25 bits per heavy atom. The van der Waals surface area contributed by atoms with Crippen molar-refractivity contribution < 1.29 is 14.3 Å². The van der Waals surface area contributed by atoms with Crippen LogP contribution in [0.3, 0.4) is 0 Å². The molecular formula is C12H13NO3. The van der Waals surface area contributed by atoms with Crippen LogP contribution in [-0.2, 0) is 4.74 Å². The van der Waals surface area contributed by atoms with E-state index in [4.69, 9.17) is 4.74 Å². The van der Waals surface area contributed by atoms with E-state index >= 15 is 0 Å². The maximum atomic E-state index is 11.7. The summed E-state index contributed by atoms with van der Waals surface area (Å²) in [6.07, 6.45) is 4.32. The van der Waals surface area contributed by atoms with Crippen molar-refractivity contribution >= 4 is 11.8 Å². The number of Topliss-reactive ketones (excluding diaryl/α,β-unsaturated/α-hetero) is 1. The summed E-state index contributed by atoms with van der Waals surface area (Å²) in [5.41, 5.74) is 1.78. The summed E-state index contributed by atoms with van der Waals surface area (Å²) in [4.78, 5) is 27.2. The third-order valence-electron chi connectivity index (χ3n) is 2.99. The molecule has 1 aliphatic rings. The van der Waals surface area contributed by atoms with Gasteiger partial charge < -0.3 is 4.74 Å². The standard InChI is InChI=1S/C12H13NO3/c1-7-3-4-10(14)8-5-13-6-9(11(7)8)12(15)16-2/h5-7H,3-4H2,1-2H3. The highest BCUT2D eigenvalue weighted by Gasteiger charge is 2.28. The molecule has 0 N–H and O–H groups in total. The first kappa shape index (κ1) is 10.8. The van der Waals surface area contributed by atoms with Crippen molar-refractivity contribution in [2.75, 3.05) is 7.11 Å². The number of pyridine rings is 1. The molecule has 1 heterocycles. The van der Waals surface area contributed by atoms with Crippen LogP contribution in [0.1, 0.15) is 52.0 Å². The SMILES string of the molecule is COC(=O)c1cncc2c1C(C)CCC2=O. The zero-order valence-corrected chi connectivity index (χ0v) is 9.32.